The molecule has 0 unspecified atom stereocenters. The quantitative estimate of drug-likeness (QED) is 0.874. The van der Waals surface area contributed by atoms with Gasteiger partial charge in [-0.25, -0.2) is 0 Å². The standard InChI is InChI=1S/C14H15NO3/c16-12-7-6-11-10(12)2-1-3-13(11)18-8-14(17)15-9-4-5-9/h1-3,9H,4-8H2,(H,15,17). The van der Waals surface area contributed by atoms with Crippen molar-refractivity contribution in [3.63, 3.8) is 0 Å². The Balaban J connectivity index is 1.66. The zero-order chi connectivity index (χ0) is 12.5. The summed E-state index contributed by atoms with van der Waals surface area (Å²) in [6.07, 6.45) is 3.40. The highest BCUT2D eigenvalue weighted by molar-refractivity contribution is 6.01. The van der Waals surface area contributed by atoms with Gasteiger partial charge in [0.25, 0.3) is 5.91 Å². The van der Waals surface area contributed by atoms with Crippen LogP contribution in [0.3, 0.4) is 0 Å². The summed E-state index contributed by atoms with van der Waals surface area (Å²) in [4.78, 5) is 23.1. The molecule has 1 N–H and O–H groups in total. The summed E-state index contributed by atoms with van der Waals surface area (Å²) in [7, 11) is 0. The van der Waals surface area contributed by atoms with Crippen LogP contribution in [0.15, 0.2) is 18.2 Å². The summed E-state index contributed by atoms with van der Waals surface area (Å²) in [5, 5.41) is 2.87. The Hall–Kier alpha value is -1.84. The van der Waals surface area contributed by atoms with Crippen molar-refractivity contribution in [1.82, 2.24) is 5.32 Å². The molecule has 1 fully saturated rings. The Bertz CT molecular complexity index is 506. The number of hydrogen-bond acceptors (Lipinski definition) is 3. The molecule has 1 amide bonds. The predicted molar refractivity (Wildman–Crippen MR) is 65.8 cm³/mol. The molecule has 0 heterocycles. The van der Waals surface area contributed by atoms with Crippen molar-refractivity contribution in [3.05, 3.63) is 29.3 Å². The molecular formula is C14H15NO3. The predicted octanol–water partition coefficient (Wildman–Crippen LogP) is 1.47. The lowest BCUT2D eigenvalue weighted by atomic mass is 10.1. The van der Waals surface area contributed by atoms with Gasteiger partial charge in [0.2, 0.25) is 0 Å². The molecule has 4 heteroatoms. The lowest BCUT2D eigenvalue weighted by Gasteiger charge is -2.10. The number of ether oxygens (including phenoxy) is 1. The Morgan fingerprint density at radius 2 is 2.17 bits per heavy atom. The topological polar surface area (TPSA) is 55.4 Å². The lowest BCUT2D eigenvalue weighted by Crippen LogP contribution is -2.30. The van der Waals surface area contributed by atoms with Crippen molar-refractivity contribution in [2.24, 2.45) is 0 Å². The maximum absolute atomic E-state index is 11.6. The van der Waals surface area contributed by atoms with Crippen LogP contribution in [0.25, 0.3) is 0 Å². The second kappa shape index (κ2) is 4.44. The van der Waals surface area contributed by atoms with E-state index in [0.717, 1.165) is 24.0 Å². The van der Waals surface area contributed by atoms with Gasteiger partial charge in [0.05, 0.1) is 0 Å². The first-order chi connectivity index (χ1) is 8.74. The van der Waals surface area contributed by atoms with Crippen molar-refractivity contribution < 1.29 is 14.3 Å². The van der Waals surface area contributed by atoms with Crippen LogP contribution in [-0.4, -0.2) is 24.3 Å². The molecule has 0 saturated heterocycles. The first kappa shape index (κ1) is 11.3. The van der Waals surface area contributed by atoms with E-state index in [0.29, 0.717) is 24.6 Å². The van der Waals surface area contributed by atoms with Crippen LogP contribution >= 0.6 is 0 Å². The van der Waals surface area contributed by atoms with Crippen LogP contribution < -0.4 is 10.1 Å². The fourth-order valence-electron chi connectivity index (χ4n) is 2.23. The average Bonchev–Trinajstić information content (AvgIpc) is 3.10. The van der Waals surface area contributed by atoms with Gasteiger partial charge in [0, 0.05) is 23.6 Å². The Morgan fingerprint density at radius 3 is 2.94 bits per heavy atom. The fraction of sp³-hybridized carbons (Fsp3) is 0.429. The molecule has 0 radical (unpaired) electrons. The molecule has 0 spiro atoms. The van der Waals surface area contributed by atoms with E-state index >= 15 is 0 Å². The Labute approximate surface area is 105 Å². The van der Waals surface area contributed by atoms with Gasteiger partial charge in [0.15, 0.2) is 12.4 Å². The first-order valence-electron chi connectivity index (χ1n) is 6.31. The third kappa shape index (κ3) is 2.23. The molecule has 2 aliphatic carbocycles. The molecule has 3 rings (SSSR count). The molecule has 0 bridgehead atoms. The minimum Gasteiger partial charge on any atom is -0.483 e. The molecule has 2 aliphatic rings. The summed E-state index contributed by atoms with van der Waals surface area (Å²) < 4.78 is 5.52. The second-order valence-electron chi connectivity index (χ2n) is 4.84. The van der Waals surface area contributed by atoms with Crippen LogP contribution in [0, 0.1) is 0 Å². The first-order valence-corrected chi connectivity index (χ1v) is 6.31. The van der Waals surface area contributed by atoms with Gasteiger partial charge in [-0.2, -0.15) is 0 Å². The molecule has 4 nitrogen and oxygen atoms in total. The normalized spacial score (nSPS) is 17.4. The highest BCUT2D eigenvalue weighted by Gasteiger charge is 2.25. The van der Waals surface area contributed by atoms with Crippen LogP contribution in [0.5, 0.6) is 5.75 Å². The monoisotopic (exact) mass is 245 g/mol. The third-order valence-electron chi connectivity index (χ3n) is 3.34. The summed E-state index contributed by atoms with van der Waals surface area (Å²) >= 11 is 0. The molecule has 18 heavy (non-hydrogen) atoms. The van der Waals surface area contributed by atoms with Gasteiger partial charge in [-0.15, -0.1) is 0 Å². The van der Waals surface area contributed by atoms with Crippen LogP contribution in [0.1, 0.15) is 35.2 Å². The molecule has 94 valence electrons. The van der Waals surface area contributed by atoms with Gasteiger partial charge in [-0.05, 0) is 25.3 Å². The molecule has 1 aromatic rings. The molecule has 0 atom stereocenters. The number of nitrogens with one attached hydrogen (secondary N) is 1. The molecule has 1 aromatic carbocycles. The van der Waals surface area contributed by atoms with E-state index in [-0.39, 0.29) is 18.3 Å². The summed E-state index contributed by atoms with van der Waals surface area (Å²) in [6, 6.07) is 5.80. The summed E-state index contributed by atoms with van der Waals surface area (Å²) in [5.74, 6) is 0.751. The van der Waals surface area contributed by atoms with Gasteiger partial charge in [-0.1, -0.05) is 12.1 Å². The maximum Gasteiger partial charge on any atom is 0.258 e. The highest BCUT2D eigenvalue weighted by atomic mass is 16.5. The minimum absolute atomic E-state index is 0.0289. The van der Waals surface area contributed by atoms with E-state index in [4.69, 9.17) is 4.74 Å². The Morgan fingerprint density at radius 1 is 1.33 bits per heavy atom. The van der Waals surface area contributed by atoms with E-state index in [9.17, 15) is 9.59 Å². The van der Waals surface area contributed by atoms with E-state index in [2.05, 4.69) is 5.32 Å². The lowest BCUT2D eigenvalue weighted by molar-refractivity contribution is -0.123. The smallest absolute Gasteiger partial charge is 0.258 e. The molecule has 0 aromatic heterocycles. The zero-order valence-corrected chi connectivity index (χ0v) is 10.1. The van der Waals surface area contributed by atoms with E-state index in [1.807, 2.05) is 12.1 Å². The number of Topliss-reactive ketones (excluding diaryl/α,β-unsaturated/α-hetero) is 1. The fourth-order valence-corrected chi connectivity index (χ4v) is 2.23. The van der Waals surface area contributed by atoms with Crippen LogP contribution in [-0.2, 0) is 11.2 Å². The average molecular weight is 245 g/mol. The van der Waals surface area contributed by atoms with Crippen molar-refractivity contribution in [1.29, 1.82) is 0 Å². The number of hydrogen-bond donors (Lipinski definition) is 1. The number of rotatable bonds is 4. The van der Waals surface area contributed by atoms with Crippen molar-refractivity contribution in [2.75, 3.05) is 6.61 Å². The van der Waals surface area contributed by atoms with Gasteiger partial charge >= 0.3 is 0 Å². The van der Waals surface area contributed by atoms with E-state index < -0.39 is 0 Å². The van der Waals surface area contributed by atoms with Gasteiger partial charge < -0.3 is 10.1 Å². The Kier molecular flexibility index (Phi) is 2.78. The number of carbonyl (C=O) groups excluding carboxylic acids is 2. The minimum atomic E-state index is -0.0839. The highest BCUT2D eigenvalue weighted by Crippen LogP contribution is 2.30. The number of ketones is 1. The van der Waals surface area contributed by atoms with E-state index in [1.54, 1.807) is 6.07 Å². The summed E-state index contributed by atoms with van der Waals surface area (Å²) in [5.41, 5.74) is 1.69. The summed E-state index contributed by atoms with van der Waals surface area (Å²) in [6.45, 7) is 0.0289. The zero-order valence-electron chi connectivity index (χ0n) is 10.1. The van der Waals surface area contributed by atoms with Gasteiger partial charge in [-0.3, -0.25) is 9.59 Å². The molecular weight excluding hydrogens is 230 g/mol. The van der Waals surface area contributed by atoms with Crippen molar-refractivity contribution >= 4 is 11.7 Å². The number of benzene rings is 1. The number of fused-ring (bicyclic) bond motifs is 1. The van der Waals surface area contributed by atoms with Crippen LogP contribution in [0.4, 0.5) is 0 Å². The van der Waals surface area contributed by atoms with Gasteiger partial charge in [0.1, 0.15) is 5.75 Å². The molecule has 0 aliphatic heterocycles. The molecule has 1 saturated carbocycles. The van der Waals surface area contributed by atoms with E-state index in [1.165, 1.54) is 0 Å². The third-order valence-corrected chi connectivity index (χ3v) is 3.34. The van der Waals surface area contributed by atoms with Crippen LogP contribution in [0.2, 0.25) is 0 Å². The number of carbonyl (C=O) groups is 2. The maximum atomic E-state index is 11.6. The van der Waals surface area contributed by atoms with Crippen molar-refractivity contribution in [2.45, 2.75) is 31.7 Å². The second-order valence-corrected chi connectivity index (χ2v) is 4.84. The number of amides is 1. The van der Waals surface area contributed by atoms with Crippen molar-refractivity contribution in [3.8, 4) is 5.75 Å². The largest absolute Gasteiger partial charge is 0.483 e. The SMILES string of the molecule is O=C(COc1cccc2c1CCC2=O)NC1CC1.